The molecule has 2 aromatic carbocycles. The number of aliphatic carboxylic acids is 2. The van der Waals surface area contributed by atoms with Crippen LogP contribution in [0.25, 0.3) is 0 Å². The van der Waals surface area contributed by atoms with Gasteiger partial charge in [0.1, 0.15) is 24.7 Å². The number of hydrogen-bond donors (Lipinski definition) is 0. The molecule has 2 aromatic rings. The van der Waals surface area contributed by atoms with Crippen molar-refractivity contribution in [1.29, 1.82) is 0 Å². The van der Waals surface area contributed by atoms with E-state index in [1.54, 1.807) is 12.1 Å². The summed E-state index contributed by atoms with van der Waals surface area (Å²) >= 11 is 22.6. The summed E-state index contributed by atoms with van der Waals surface area (Å²) in [4.78, 5) is 20.1. The molecule has 0 amide bonds. The summed E-state index contributed by atoms with van der Waals surface area (Å²) in [5.74, 6) is -2.05. The smallest absolute Gasteiger partial charge is 0.546 e. The third-order valence-electron chi connectivity index (χ3n) is 2.48. The van der Waals surface area contributed by atoms with E-state index in [0.717, 1.165) is 0 Å². The first-order valence-corrected chi connectivity index (χ1v) is 8.25. The summed E-state index contributed by atoms with van der Waals surface area (Å²) in [6, 6.07) is 9.03. The molecule has 0 saturated heterocycles. The van der Waals surface area contributed by atoms with E-state index in [1.807, 2.05) is 0 Å². The predicted molar refractivity (Wildman–Crippen MR) is 93.9 cm³/mol. The first-order chi connectivity index (χ1) is 12.2. The predicted octanol–water partition coefficient (Wildman–Crippen LogP) is 2.24. The zero-order chi connectivity index (χ0) is 19.7. The minimum absolute atomic E-state index is 0. The molecule has 11 heteroatoms. The molecule has 0 bridgehead atoms. The second kappa shape index (κ2) is 12.9. The Morgan fingerprint density at radius 3 is 1.33 bits per heavy atom. The van der Waals surface area contributed by atoms with Crippen LogP contribution in [0, 0.1) is 0 Å². The third-order valence-corrected chi connectivity index (χ3v) is 3.54. The number of carbonyl (C=O) groups is 2. The molecule has 0 saturated carbocycles. The van der Waals surface area contributed by atoms with E-state index in [4.69, 9.17) is 55.9 Å². The van der Waals surface area contributed by atoms with E-state index >= 15 is 0 Å². The van der Waals surface area contributed by atoms with Crippen molar-refractivity contribution in [3.63, 3.8) is 0 Å². The van der Waals surface area contributed by atoms with Crippen molar-refractivity contribution in [2.24, 2.45) is 0 Å². The summed E-state index contributed by atoms with van der Waals surface area (Å²) in [6.07, 6.45) is 0. The summed E-state index contributed by atoms with van der Waals surface area (Å²) in [5, 5.41) is 21.6. The van der Waals surface area contributed by atoms with Gasteiger partial charge in [0.15, 0.2) is 0 Å². The van der Waals surface area contributed by atoms with Gasteiger partial charge < -0.3 is 29.3 Å². The minimum Gasteiger partial charge on any atom is -0.546 e. The molecule has 0 unspecified atom stereocenters. The monoisotopic (exact) mass is 496 g/mol. The molecule has 0 aliphatic carbocycles. The normalized spacial score (nSPS) is 9.33. The second-order valence-electron chi connectivity index (χ2n) is 4.47. The Hall–Kier alpha value is -1.37. The van der Waals surface area contributed by atoms with Gasteiger partial charge in [0.25, 0.3) is 0 Å². The molecule has 0 heterocycles. The van der Waals surface area contributed by atoms with Crippen LogP contribution in [-0.4, -0.2) is 25.2 Å². The molecule has 0 radical (unpaired) electrons. The fourth-order valence-electron chi connectivity index (χ4n) is 1.46. The van der Waals surface area contributed by atoms with E-state index in [1.165, 1.54) is 24.3 Å². The number of halogens is 4. The number of ether oxygens (including phenoxy) is 2. The Kier molecular flexibility index (Phi) is 12.3. The van der Waals surface area contributed by atoms with Crippen molar-refractivity contribution >= 4 is 58.3 Å². The summed E-state index contributed by atoms with van der Waals surface area (Å²) in [5.41, 5.74) is 0. The second-order valence-corrected chi connectivity index (χ2v) is 6.16. The SMILES string of the molecule is O=C([O-])COc1ccc(Cl)cc1Cl.O=C([O-])COc1ccc(Cl)cc1Cl.[Ni+2]. The number of carbonyl (C=O) groups excluding carboxylic acids is 2. The fraction of sp³-hybridized carbons (Fsp3) is 0.125. The van der Waals surface area contributed by atoms with Gasteiger partial charge in [-0.2, -0.15) is 0 Å². The first kappa shape index (κ1) is 25.6. The number of rotatable bonds is 6. The van der Waals surface area contributed by atoms with Crippen LogP contribution in [-0.2, 0) is 26.1 Å². The van der Waals surface area contributed by atoms with Crippen molar-refractivity contribution < 1.29 is 45.8 Å². The molecular formula is C16H10Cl4NiO6. The largest absolute Gasteiger partial charge is 2.00 e. The van der Waals surface area contributed by atoms with Gasteiger partial charge in [-0.1, -0.05) is 46.4 Å². The van der Waals surface area contributed by atoms with Crippen LogP contribution in [0.5, 0.6) is 11.5 Å². The minimum atomic E-state index is -1.30. The van der Waals surface area contributed by atoms with Gasteiger partial charge in [0.05, 0.1) is 22.0 Å². The molecular weight excluding hydrogens is 489 g/mol. The maximum atomic E-state index is 10.0. The van der Waals surface area contributed by atoms with E-state index < -0.39 is 25.2 Å². The van der Waals surface area contributed by atoms with Gasteiger partial charge in [-0.3, -0.25) is 0 Å². The van der Waals surface area contributed by atoms with E-state index in [9.17, 15) is 19.8 Å². The Labute approximate surface area is 184 Å². The number of benzene rings is 2. The van der Waals surface area contributed by atoms with Crippen molar-refractivity contribution in [2.75, 3.05) is 13.2 Å². The standard InChI is InChI=1S/2C8H6Cl2O3.Ni/c2*9-5-1-2-7(6(10)3-5)13-4-8(11)12;/h2*1-3H,4H2,(H,11,12);/q;;+2/p-2. The van der Waals surface area contributed by atoms with Crippen LogP contribution in [0.4, 0.5) is 0 Å². The first-order valence-electron chi connectivity index (χ1n) is 6.74. The maximum Gasteiger partial charge on any atom is 2.00 e. The molecule has 6 nitrogen and oxygen atoms in total. The van der Waals surface area contributed by atoms with Crippen LogP contribution in [0.2, 0.25) is 20.1 Å². The molecule has 0 aromatic heterocycles. The molecule has 0 spiro atoms. The maximum absolute atomic E-state index is 10.0. The zero-order valence-corrected chi connectivity index (χ0v) is 17.2. The van der Waals surface area contributed by atoms with Gasteiger partial charge in [-0.05, 0) is 36.4 Å². The zero-order valence-electron chi connectivity index (χ0n) is 13.2. The Morgan fingerprint density at radius 1 is 0.741 bits per heavy atom. The summed E-state index contributed by atoms with van der Waals surface area (Å²) in [6.45, 7) is -1.05. The van der Waals surface area contributed by atoms with Crippen LogP contribution in [0.3, 0.4) is 0 Å². The molecule has 0 aliphatic rings. The van der Waals surface area contributed by atoms with Crippen molar-refractivity contribution in [1.82, 2.24) is 0 Å². The molecule has 0 fully saturated rings. The molecule has 27 heavy (non-hydrogen) atoms. The van der Waals surface area contributed by atoms with Crippen molar-refractivity contribution in [2.45, 2.75) is 0 Å². The van der Waals surface area contributed by atoms with Gasteiger partial charge >= 0.3 is 16.5 Å². The molecule has 0 N–H and O–H groups in total. The Bertz CT molecular complexity index is 722. The van der Waals surface area contributed by atoms with Crippen LogP contribution >= 0.6 is 46.4 Å². The number of hydrogen-bond acceptors (Lipinski definition) is 6. The number of carboxylic acid groups (broad SMARTS) is 2. The quantitative estimate of drug-likeness (QED) is 0.567. The van der Waals surface area contributed by atoms with Crippen LogP contribution in [0.15, 0.2) is 36.4 Å². The molecule has 148 valence electrons. The van der Waals surface area contributed by atoms with Crippen LogP contribution in [0.1, 0.15) is 0 Å². The van der Waals surface area contributed by atoms with Gasteiger partial charge in [0.2, 0.25) is 0 Å². The Balaban J connectivity index is 0.000000483. The van der Waals surface area contributed by atoms with E-state index in [-0.39, 0.29) is 38.0 Å². The Morgan fingerprint density at radius 2 is 1.07 bits per heavy atom. The average molecular weight is 499 g/mol. The van der Waals surface area contributed by atoms with Crippen molar-refractivity contribution in [3.05, 3.63) is 56.5 Å². The van der Waals surface area contributed by atoms with Crippen LogP contribution < -0.4 is 19.7 Å². The molecule has 0 aliphatic heterocycles. The van der Waals surface area contributed by atoms with E-state index in [2.05, 4.69) is 0 Å². The van der Waals surface area contributed by atoms with E-state index in [0.29, 0.717) is 10.0 Å². The van der Waals surface area contributed by atoms with Gasteiger partial charge in [-0.25, -0.2) is 0 Å². The third kappa shape index (κ3) is 10.5. The van der Waals surface area contributed by atoms with Gasteiger partial charge in [-0.15, -0.1) is 0 Å². The topological polar surface area (TPSA) is 98.7 Å². The summed E-state index contributed by atoms with van der Waals surface area (Å²) in [7, 11) is 0. The number of carboxylic acids is 2. The molecule has 0 atom stereocenters. The van der Waals surface area contributed by atoms with Gasteiger partial charge in [0, 0.05) is 10.0 Å². The molecule has 2 rings (SSSR count). The average Bonchev–Trinajstić information content (AvgIpc) is 2.53. The fourth-order valence-corrected chi connectivity index (χ4v) is 2.38. The van der Waals surface area contributed by atoms with Crippen molar-refractivity contribution in [3.8, 4) is 11.5 Å². The summed E-state index contributed by atoms with van der Waals surface area (Å²) < 4.78 is 9.60.